The normalized spacial score (nSPS) is 23.1. The van der Waals surface area contributed by atoms with Crippen LogP contribution >= 0.6 is 11.6 Å². The second-order valence-electron chi connectivity index (χ2n) is 4.62. The number of anilines is 1. The molecule has 1 fully saturated rings. The first-order valence-electron chi connectivity index (χ1n) is 6.08. The molecule has 5 heteroatoms. The molecule has 1 saturated carbocycles. The van der Waals surface area contributed by atoms with Crippen molar-refractivity contribution in [3.63, 3.8) is 0 Å². The molecule has 18 heavy (non-hydrogen) atoms. The maximum Gasteiger partial charge on any atom is 0.227 e. The Morgan fingerprint density at radius 1 is 1.50 bits per heavy atom. The molecule has 2 rings (SSSR count). The maximum atomic E-state index is 13.7. The fourth-order valence-electron chi connectivity index (χ4n) is 2.49. The summed E-state index contributed by atoms with van der Waals surface area (Å²) in [5, 5.41) is 2.61. The third-order valence-electron chi connectivity index (χ3n) is 3.51. The lowest BCUT2D eigenvalue weighted by Gasteiger charge is -2.17. The van der Waals surface area contributed by atoms with E-state index in [0.29, 0.717) is 6.54 Å². The van der Waals surface area contributed by atoms with E-state index < -0.39 is 5.82 Å². The molecule has 1 aliphatic rings. The summed E-state index contributed by atoms with van der Waals surface area (Å²) in [5.41, 5.74) is 5.77. The topological polar surface area (TPSA) is 55.1 Å². The van der Waals surface area contributed by atoms with Crippen molar-refractivity contribution in [1.29, 1.82) is 0 Å². The first kappa shape index (κ1) is 13.3. The van der Waals surface area contributed by atoms with Gasteiger partial charge < -0.3 is 11.1 Å². The van der Waals surface area contributed by atoms with E-state index >= 15 is 0 Å². The minimum Gasteiger partial charge on any atom is -0.330 e. The van der Waals surface area contributed by atoms with E-state index in [2.05, 4.69) is 5.32 Å². The van der Waals surface area contributed by atoms with Gasteiger partial charge in [0.1, 0.15) is 0 Å². The Morgan fingerprint density at radius 3 is 3.00 bits per heavy atom. The summed E-state index contributed by atoms with van der Waals surface area (Å²) in [6.45, 7) is 0.496. The molecule has 1 amide bonds. The van der Waals surface area contributed by atoms with E-state index in [-0.39, 0.29) is 28.5 Å². The molecular formula is C13H16ClFN2O. The molecule has 1 aromatic rings. The minimum atomic E-state index is -0.588. The summed E-state index contributed by atoms with van der Waals surface area (Å²) in [6.07, 6.45) is 2.78. The summed E-state index contributed by atoms with van der Waals surface area (Å²) < 4.78 is 13.7. The highest BCUT2D eigenvalue weighted by Gasteiger charge is 2.32. The summed E-state index contributed by atoms with van der Waals surface area (Å²) in [7, 11) is 0. The molecule has 1 aliphatic carbocycles. The Morgan fingerprint density at radius 2 is 2.28 bits per heavy atom. The summed E-state index contributed by atoms with van der Waals surface area (Å²) >= 11 is 5.67. The van der Waals surface area contributed by atoms with Crippen molar-refractivity contribution in [1.82, 2.24) is 0 Å². The first-order valence-corrected chi connectivity index (χ1v) is 6.46. The van der Waals surface area contributed by atoms with Gasteiger partial charge in [0.25, 0.3) is 0 Å². The van der Waals surface area contributed by atoms with Gasteiger partial charge in [0.15, 0.2) is 5.82 Å². The van der Waals surface area contributed by atoms with Crippen LogP contribution in [0.5, 0.6) is 0 Å². The number of halogens is 2. The van der Waals surface area contributed by atoms with Crippen molar-refractivity contribution in [3.05, 3.63) is 29.0 Å². The van der Waals surface area contributed by atoms with Crippen molar-refractivity contribution in [2.75, 3.05) is 11.9 Å². The van der Waals surface area contributed by atoms with Crippen molar-refractivity contribution in [2.45, 2.75) is 19.3 Å². The predicted molar refractivity (Wildman–Crippen MR) is 69.9 cm³/mol. The van der Waals surface area contributed by atoms with Gasteiger partial charge in [-0.1, -0.05) is 24.1 Å². The van der Waals surface area contributed by atoms with E-state index in [1.807, 2.05) is 0 Å². The van der Waals surface area contributed by atoms with Crippen LogP contribution in [0.25, 0.3) is 0 Å². The molecule has 0 saturated heterocycles. The summed E-state index contributed by atoms with van der Waals surface area (Å²) in [6, 6.07) is 4.56. The predicted octanol–water partition coefficient (Wildman–Crippen LogP) is 2.79. The number of benzene rings is 1. The number of rotatable bonds is 3. The Balaban J connectivity index is 2.09. The lowest BCUT2D eigenvalue weighted by Crippen LogP contribution is -2.30. The highest BCUT2D eigenvalue weighted by molar-refractivity contribution is 6.31. The van der Waals surface area contributed by atoms with Gasteiger partial charge in [-0.3, -0.25) is 4.79 Å². The van der Waals surface area contributed by atoms with E-state index in [0.717, 1.165) is 19.3 Å². The zero-order chi connectivity index (χ0) is 13.1. The van der Waals surface area contributed by atoms with Crippen LogP contribution in [0.2, 0.25) is 5.02 Å². The van der Waals surface area contributed by atoms with Gasteiger partial charge in [-0.2, -0.15) is 0 Å². The lowest BCUT2D eigenvalue weighted by atomic mass is 9.95. The van der Waals surface area contributed by atoms with Gasteiger partial charge in [-0.25, -0.2) is 4.39 Å². The molecular weight excluding hydrogens is 255 g/mol. The Labute approximate surface area is 111 Å². The van der Waals surface area contributed by atoms with Gasteiger partial charge in [-0.05, 0) is 37.4 Å². The molecule has 0 spiro atoms. The van der Waals surface area contributed by atoms with Crippen molar-refractivity contribution in [2.24, 2.45) is 17.6 Å². The monoisotopic (exact) mass is 270 g/mol. The zero-order valence-corrected chi connectivity index (χ0v) is 10.7. The van der Waals surface area contributed by atoms with Crippen molar-refractivity contribution >= 4 is 23.2 Å². The highest BCUT2D eigenvalue weighted by Crippen LogP contribution is 2.32. The average molecular weight is 271 g/mol. The van der Waals surface area contributed by atoms with Crippen LogP contribution in [0.1, 0.15) is 19.3 Å². The fourth-order valence-corrected chi connectivity index (χ4v) is 2.66. The number of carbonyl (C=O) groups is 1. The molecule has 0 aliphatic heterocycles. The largest absolute Gasteiger partial charge is 0.330 e. The van der Waals surface area contributed by atoms with E-state index in [9.17, 15) is 9.18 Å². The molecule has 0 aromatic heterocycles. The number of carbonyl (C=O) groups excluding carboxylic acids is 1. The molecule has 0 heterocycles. The van der Waals surface area contributed by atoms with Crippen LogP contribution < -0.4 is 11.1 Å². The van der Waals surface area contributed by atoms with Gasteiger partial charge >= 0.3 is 0 Å². The molecule has 3 N–H and O–H groups in total. The fraction of sp³-hybridized carbons (Fsp3) is 0.462. The Hall–Kier alpha value is -1.13. The third-order valence-corrected chi connectivity index (χ3v) is 3.80. The van der Waals surface area contributed by atoms with E-state index in [1.165, 1.54) is 12.1 Å². The average Bonchev–Trinajstić information content (AvgIpc) is 2.83. The zero-order valence-electron chi connectivity index (χ0n) is 9.96. The number of hydrogen-bond acceptors (Lipinski definition) is 2. The van der Waals surface area contributed by atoms with Crippen LogP contribution in [0, 0.1) is 17.7 Å². The number of nitrogens with two attached hydrogens (primary N) is 1. The van der Waals surface area contributed by atoms with Crippen LogP contribution in [0.3, 0.4) is 0 Å². The molecule has 3 nitrogen and oxygen atoms in total. The summed E-state index contributed by atoms with van der Waals surface area (Å²) in [5.74, 6) is -0.667. The smallest absolute Gasteiger partial charge is 0.227 e. The van der Waals surface area contributed by atoms with Gasteiger partial charge in [0, 0.05) is 5.92 Å². The standard InChI is InChI=1S/C13H16ClFN2O/c14-10-5-2-6-11(12(10)15)17-13(18)9-4-1-3-8(9)7-16/h2,5-6,8-9H,1,3-4,7,16H2,(H,17,18). The van der Waals surface area contributed by atoms with Crippen LogP contribution in [-0.2, 0) is 4.79 Å². The molecule has 2 unspecified atom stereocenters. The van der Waals surface area contributed by atoms with Crippen LogP contribution in [0.4, 0.5) is 10.1 Å². The second-order valence-corrected chi connectivity index (χ2v) is 5.03. The highest BCUT2D eigenvalue weighted by atomic mass is 35.5. The Kier molecular flexibility index (Phi) is 4.19. The quantitative estimate of drug-likeness (QED) is 0.887. The van der Waals surface area contributed by atoms with Crippen molar-refractivity contribution in [3.8, 4) is 0 Å². The second kappa shape index (κ2) is 5.67. The lowest BCUT2D eigenvalue weighted by molar-refractivity contribution is -0.120. The number of hydrogen-bond donors (Lipinski definition) is 2. The van der Waals surface area contributed by atoms with Gasteiger partial charge in [0.2, 0.25) is 5.91 Å². The Bertz CT molecular complexity index is 453. The molecule has 0 radical (unpaired) electrons. The van der Waals surface area contributed by atoms with Crippen molar-refractivity contribution < 1.29 is 9.18 Å². The number of amides is 1. The summed E-state index contributed by atoms with van der Waals surface area (Å²) in [4.78, 5) is 12.1. The maximum absolute atomic E-state index is 13.7. The first-order chi connectivity index (χ1) is 8.63. The minimum absolute atomic E-state index is 0.00889. The van der Waals surface area contributed by atoms with Crippen LogP contribution in [-0.4, -0.2) is 12.5 Å². The molecule has 98 valence electrons. The molecule has 2 atom stereocenters. The van der Waals surface area contributed by atoms with Gasteiger partial charge in [-0.15, -0.1) is 0 Å². The van der Waals surface area contributed by atoms with E-state index in [4.69, 9.17) is 17.3 Å². The van der Waals surface area contributed by atoms with Crippen LogP contribution in [0.15, 0.2) is 18.2 Å². The van der Waals surface area contributed by atoms with E-state index in [1.54, 1.807) is 6.07 Å². The molecule has 1 aromatic carbocycles. The SMILES string of the molecule is NCC1CCCC1C(=O)Nc1cccc(Cl)c1F. The van der Waals surface area contributed by atoms with Gasteiger partial charge in [0.05, 0.1) is 10.7 Å². The molecule has 0 bridgehead atoms. The third kappa shape index (κ3) is 2.65. The number of nitrogens with one attached hydrogen (secondary N) is 1.